The standard InChI is InChI=1S/C15H14F3N3O/c1-9-7-20-12(21-8-9)5-6-19-15(22)11-4-2-3-10(13(11)16)14(17)18/h2-4,7-8,14H,5-6H2,1H3,(H,19,22). The second-order valence-electron chi connectivity index (χ2n) is 4.69. The van der Waals surface area contributed by atoms with Crippen LogP contribution in [-0.4, -0.2) is 22.4 Å². The number of halogens is 3. The molecule has 116 valence electrons. The summed E-state index contributed by atoms with van der Waals surface area (Å²) in [5, 5.41) is 2.47. The van der Waals surface area contributed by atoms with Crippen molar-refractivity contribution < 1.29 is 18.0 Å². The number of hydrogen-bond donors (Lipinski definition) is 1. The van der Waals surface area contributed by atoms with Gasteiger partial charge in [-0.25, -0.2) is 23.1 Å². The predicted octanol–water partition coefficient (Wildman–Crippen LogP) is 2.83. The predicted molar refractivity (Wildman–Crippen MR) is 74.2 cm³/mol. The van der Waals surface area contributed by atoms with E-state index in [1.54, 1.807) is 12.4 Å². The molecular weight excluding hydrogens is 295 g/mol. The van der Waals surface area contributed by atoms with Crippen molar-refractivity contribution in [2.75, 3.05) is 6.54 Å². The molecule has 0 bridgehead atoms. The molecule has 7 heteroatoms. The number of benzene rings is 1. The van der Waals surface area contributed by atoms with Crippen LogP contribution in [0.5, 0.6) is 0 Å². The van der Waals surface area contributed by atoms with Gasteiger partial charge in [-0.1, -0.05) is 12.1 Å². The van der Waals surface area contributed by atoms with Gasteiger partial charge in [-0.05, 0) is 18.6 Å². The van der Waals surface area contributed by atoms with Crippen molar-refractivity contribution in [3.05, 3.63) is 58.9 Å². The number of rotatable bonds is 5. The van der Waals surface area contributed by atoms with Gasteiger partial charge in [0.05, 0.1) is 11.1 Å². The molecule has 0 spiro atoms. The maximum Gasteiger partial charge on any atom is 0.266 e. The summed E-state index contributed by atoms with van der Waals surface area (Å²) in [6.45, 7) is 2.03. The first-order valence-corrected chi connectivity index (χ1v) is 6.61. The van der Waals surface area contributed by atoms with E-state index in [2.05, 4.69) is 15.3 Å². The highest BCUT2D eigenvalue weighted by Crippen LogP contribution is 2.23. The monoisotopic (exact) mass is 309 g/mol. The SMILES string of the molecule is Cc1cnc(CCNC(=O)c2cccc(C(F)F)c2F)nc1. The Morgan fingerprint density at radius 3 is 2.59 bits per heavy atom. The first kappa shape index (κ1) is 15.9. The summed E-state index contributed by atoms with van der Waals surface area (Å²) in [6, 6.07) is 3.35. The highest BCUT2D eigenvalue weighted by molar-refractivity contribution is 5.94. The van der Waals surface area contributed by atoms with Gasteiger partial charge >= 0.3 is 0 Å². The molecule has 2 aromatic rings. The fourth-order valence-electron chi connectivity index (χ4n) is 1.83. The van der Waals surface area contributed by atoms with Crippen LogP contribution in [0, 0.1) is 12.7 Å². The molecule has 0 radical (unpaired) electrons. The maximum atomic E-state index is 13.8. The number of aryl methyl sites for hydroxylation is 1. The van der Waals surface area contributed by atoms with Gasteiger partial charge in [-0.15, -0.1) is 0 Å². The lowest BCUT2D eigenvalue weighted by atomic mass is 10.1. The van der Waals surface area contributed by atoms with E-state index in [0.29, 0.717) is 12.2 Å². The topological polar surface area (TPSA) is 54.9 Å². The van der Waals surface area contributed by atoms with Crippen LogP contribution >= 0.6 is 0 Å². The lowest BCUT2D eigenvalue weighted by molar-refractivity contribution is 0.0948. The molecule has 0 aliphatic rings. The molecule has 1 aromatic carbocycles. The average Bonchev–Trinajstić information content (AvgIpc) is 2.49. The zero-order valence-corrected chi connectivity index (χ0v) is 11.8. The van der Waals surface area contributed by atoms with E-state index in [1.807, 2.05) is 6.92 Å². The second-order valence-corrected chi connectivity index (χ2v) is 4.69. The Morgan fingerprint density at radius 2 is 1.95 bits per heavy atom. The number of carbonyl (C=O) groups excluding carboxylic acids is 1. The molecular formula is C15H14F3N3O. The largest absolute Gasteiger partial charge is 0.351 e. The Morgan fingerprint density at radius 1 is 1.27 bits per heavy atom. The molecule has 4 nitrogen and oxygen atoms in total. The van der Waals surface area contributed by atoms with E-state index < -0.39 is 29.3 Å². The normalized spacial score (nSPS) is 10.8. The maximum absolute atomic E-state index is 13.8. The molecule has 0 aliphatic carbocycles. The molecule has 1 aromatic heterocycles. The number of amides is 1. The van der Waals surface area contributed by atoms with Gasteiger partial charge in [0.1, 0.15) is 11.6 Å². The van der Waals surface area contributed by atoms with Gasteiger partial charge in [0.2, 0.25) is 0 Å². The fraction of sp³-hybridized carbons (Fsp3) is 0.267. The summed E-state index contributed by atoms with van der Waals surface area (Å²) in [5.41, 5.74) is -0.268. The Kier molecular flexibility index (Phi) is 5.08. The van der Waals surface area contributed by atoms with Crippen molar-refractivity contribution in [2.45, 2.75) is 19.8 Å². The van der Waals surface area contributed by atoms with E-state index in [0.717, 1.165) is 11.6 Å². The van der Waals surface area contributed by atoms with Gasteiger partial charge < -0.3 is 5.32 Å². The van der Waals surface area contributed by atoms with Crippen molar-refractivity contribution in [1.82, 2.24) is 15.3 Å². The van der Waals surface area contributed by atoms with Crippen molar-refractivity contribution >= 4 is 5.91 Å². The number of alkyl halides is 2. The van der Waals surface area contributed by atoms with E-state index >= 15 is 0 Å². The number of carbonyl (C=O) groups is 1. The molecule has 0 saturated heterocycles. The molecule has 2 rings (SSSR count). The minimum Gasteiger partial charge on any atom is -0.351 e. The van der Waals surface area contributed by atoms with Crippen LogP contribution in [0.1, 0.15) is 33.7 Å². The Hall–Kier alpha value is -2.44. The summed E-state index contributed by atoms with van der Waals surface area (Å²) in [5.74, 6) is -1.40. The fourth-order valence-corrected chi connectivity index (χ4v) is 1.83. The molecule has 22 heavy (non-hydrogen) atoms. The van der Waals surface area contributed by atoms with Crippen LogP contribution in [0.2, 0.25) is 0 Å². The molecule has 0 fully saturated rings. The van der Waals surface area contributed by atoms with Crippen LogP contribution in [-0.2, 0) is 6.42 Å². The summed E-state index contributed by atoms with van der Waals surface area (Å²) >= 11 is 0. The number of aromatic nitrogens is 2. The van der Waals surface area contributed by atoms with Gasteiger partial charge in [-0.3, -0.25) is 4.79 Å². The van der Waals surface area contributed by atoms with E-state index in [9.17, 15) is 18.0 Å². The summed E-state index contributed by atoms with van der Waals surface area (Å²) in [4.78, 5) is 20.0. The first-order chi connectivity index (χ1) is 10.5. The molecule has 0 aliphatic heterocycles. The molecule has 1 heterocycles. The molecule has 1 amide bonds. The lowest BCUT2D eigenvalue weighted by Gasteiger charge is -2.08. The van der Waals surface area contributed by atoms with Gasteiger partial charge in [0.25, 0.3) is 12.3 Å². The number of nitrogens with one attached hydrogen (secondary N) is 1. The Balaban J connectivity index is 1.98. The van der Waals surface area contributed by atoms with Crippen LogP contribution in [0.4, 0.5) is 13.2 Å². The van der Waals surface area contributed by atoms with Gasteiger partial charge in [0.15, 0.2) is 0 Å². The van der Waals surface area contributed by atoms with Crippen molar-refractivity contribution in [3.8, 4) is 0 Å². The quantitative estimate of drug-likeness (QED) is 0.924. The zero-order valence-electron chi connectivity index (χ0n) is 11.8. The van der Waals surface area contributed by atoms with Crippen LogP contribution in [0.25, 0.3) is 0 Å². The van der Waals surface area contributed by atoms with Crippen LogP contribution in [0.3, 0.4) is 0 Å². The highest BCUT2D eigenvalue weighted by atomic mass is 19.3. The Bertz CT molecular complexity index is 660. The van der Waals surface area contributed by atoms with E-state index in [1.165, 1.54) is 12.1 Å². The van der Waals surface area contributed by atoms with Crippen molar-refractivity contribution in [1.29, 1.82) is 0 Å². The highest BCUT2D eigenvalue weighted by Gasteiger charge is 2.19. The van der Waals surface area contributed by atoms with Gasteiger partial charge in [0, 0.05) is 25.4 Å². The van der Waals surface area contributed by atoms with Crippen molar-refractivity contribution in [3.63, 3.8) is 0 Å². The van der Waals surface area contributed by atoms with Crippen LogP contribution < -0.4 is 5.32 Å². The first-order valence-electron chi connectivity index (χ1n) is 6.61. The van der Waals surface area contributed by atoms with Crippen LogP contribution in [0.15, 0.2) is 30.6 Å². The Labute approximate surface area is 125 Å². The zero-order chi connectivity index (χ0) is 16.1. The molecule has 0 saturated carbocycles. The second kappa shape index (κ2) is 7.02. The molecule has 0 unspecified atom stereocenters. The average molecular weight is 309 g/mol. The van der Waals surface area contributed by atoms with Gasteiger partial charge in [-0.2, -0.15) is 0 Å². The smallest absolute Gasteiger partial charge is 0.266 e. The lowest BCUT2D eigenvalue weighted by Crippen LogP contribution is -2.27. The van der Waals surface area contributed by atoms with Crippen molar-refractivity contribution in [2.24, 2.45) is 0 Å². The third-order valence-electron chi connectivity index (χ3n) is 2.98. The summed E-state index contributed by atoms with van der Waals surface area (Å²) in [6.07, 6.45) is 0.697. The molecule has 0 atom stereocenters. The number of nitrogens with zero attached hydrogens (tertiary/aromatic N) is 2. The summed E-state index contributed by atoms with van der Waals surface area (Å²) in [7, 11) is 0. The minimum atomic E-state index is -2.96. The number of hydrogen-bond acceptors (Lipinski definition) is 3. The third kappa shape index (κ3) is 3.81. The third-order valence-corrected chi connectivity index (χ3v) is 2.98. The van der Waals surface area contributed by atoms with E-state index in [4.69, 9.17) is 0 Å². The minimum absolute atomic E-state index is 0.181. The molecule has 1 N–H and O–H groups in total. The summed E-state index contributed by atoms with van der Waals surface area (Å²) < 4.78 is 39.0. The van der Waals surface area contributed by atoms with E-state index in [-0.39, 0.29) is 6.54 Å².